The normalized spacial score (nSPS) is 12.7. The lowest BCUT2D eigenvalue weighted by molar-refractivity contribution is -0.146. The molecule has 8 nitrogen and oxygen atoms in total. The Labute approximate surface area is 155 Å². The summed E-state index contributed by atoms with van der Waals surface area (Å²) in [7, 11) is 0. The van der Waals surface area contributed by atoms with Crippen molar-refractivity contribution in [2.75, 3.05) is 0 Å². The van der Waals surface area contributed by atoms with Gasteiger partial charge in [0.15, 0.2) is 12.2 Å². The molecule has 5 N–H and O–H groups in total. The van der Waals surface area contributed by atoms with Crippen LogP contribution in [0.2, 0.25) is 0 Å². The summed E-state index contributed by atoms with van der Waals surface area (Å²) in [6.45, 7) is 0.162. The molecule has 142 valence electrons. The molecule has 0 aromatic heterocycles. The van der Waals surface area contributed by atoms with Crippen molar-refractivity contribution in [3.8, 4) is 0 Å². The van der Waals surface area contributed by atoms with Gasteiger partial charge in [-0.2, -0.15) is 0 Å². The molecule has 2 aromatic carbocycles. The van der Waals surface area contributed by atoms with Crippen molar-refractivity contribution in [2.24, 2.45) is 0 Å². The number of aliphatic hydroxyl groups is 2. The van der Waals surface area contributed by atoms with Crippen LogP contribution >= 0.6 is 0 Å². The molecular formula is C19H20N2O6. The highest BCUT2D eigenvalue weighted by molar-refractivity contribution is 5.90. The van der Waals surface area contributed by atoms with E-state index in [4.69, 9.17) is 5.11 Å². The first kappa shape index (κ1) is 20.1. The lowest BCUT2D eigenvalue weighted by Crippen LogP contribution is -2.49. The summed E-state index contributed by atoms with van der Waals surface area (Å²) in [5.41, 5.74) is 1.51. The molecule has 0 radical (unpaired) electrons. The Kier molecular flexibility index (Phi) is 7.04. The van der Waals surface area contributed by atoms with Crippen molar-refractivity contribution >= 4 is 17.8 Å². The van der Waals surface area contributed by atoms with Crippen molar-refractivity contribution in [1.82, 2.24) is 10.6 Å². The Morgan fingerprint density at radius 3 is 1.63 bits per heavy atom. The summed E-state index contributed by atoms with van der Waals surface area (Å²) in [6.07, 6.45) is -3.85. The van der Waals surface area contributed by atoms with Gasteiger partial charge >= 0.3 is 5.97 Å². The molecule has 0 aliphatic heterocycles. The molecular weight excluding hydrogens is 352 g/mol. The minimum atomic E-state index is -1.93. The van der Waals surface area contributed by atoms with E-state index < -0.39 is 30.0 Å². The van der Waals surface area contributed by atoms with E-state index in [-0.39, 0.29) is 18.7 Å². The van der Waals surface area contributed by atoms with Gasteiger partial charge in [-0.3, -0.25) is 9.59 Å². The van der Waals surface area contributed by atoms with Crippen molar-refractivity contribution in [2.45, 2.75) is 25.3 Å². The molecule has 0 aliphatic rings. The topological polar surface area (TPSA) is 136 Å². The molecule has 0 heterocycles. The van der Waals surface area contributed by atoms with Crippen molar-refractivity contribution < 1.29 is 29.7 Å². The zero-order valence-corrected chi connectivity index (χ0v) is 14.3. The minimum Gasteiger partial charge on any atom is -0.478 e. The molecule has 0 spiro atoms. The monoisotopic (exact) mass is 372 g/mol. The zero-order chi connectivity index (χ0) is 19.8. The fourth-order valence-electron chi connectivity index (χ4n) is 2.24. The Hall–Kier alpha value is -3.23. The summed E-state index contributed by atoms with van der Waals surface area (Å²) >= 11 is 0. The highest BCUT2D eigenvalue weighted by Gasteiger charge is 2.29. The maximum Gasteiger partial charge on any atom is 0.335 e. The summed E-state index contributed by atoms with van der Waals surface area (Å²) in [5.74, 6) is -2.85. The number of rotatable bonds is 8. The average Bonchev–Trinajstić information content (AvgIpc) is 2.70. The number of carbonyl (C=O) groups excluding carboxylic acids is 2. The van der Waals surface area contributed by atoms with Crippen LogP contribution in [0.3, 0.4) is 0 Å². The lowest BCUT2D eigenvalue weighted by Gasteiger charge is -2.17. The second-order valence-electron chi connectivity index (χ2n) is 5.81. The van der Waals surface area contributed by atoms with E-state index in [2.05, 4.69) is 10.6 Å². The zero-order valence-electron chi connectivity index (χ0n) is 14.3. The van der Waals surface area contributed by atoms with Crippen molar-refractivity contribution in [1.29, 1.82) is 0 Å². The standard InChI is InChI=1S/C19H20N2O6/c22-15(17(24)20-10-12-4-2-1-3-5-12)16(23)18(25)21-11-13-6-8-14(9-7-13)19(26)27/h1-9,15-16,22-23H,10-11H2,(H,20,24)(H,21,25)(H,26,27). The number of carbonyl (C=O) groups is 3. The van der Waals surface area contributed by atoms with Gasteiger partial charge in [-0.1, -0.05) is 42.5 Å². The second kappa shape index (κ2) is 9.46. The molecule has 27 heavy (non-hydrogen) atoms. The molecule has 0 saturated carbocycles. The third-order valence-corrected chi connectivity index (χ3v) is 3.81. The summed E-state index contributed by atoms with van der Waals surface area (Å²) in [5, 5.41) is 33.3. The lowest BCUT2D eigenvalue weighted by atomic mass is 10.1. The number of aromatic carboxylic acids is 1. The van der Waals surface area contributed by atoms with Crippen LogP contribution in [0, 0.1) is 0 Å². The molecule has 2 unspecified atom stereocenters. The number of hydrogen-bond acceptors (Lipinski definition) is 5. The number of amides is 2. The van der Waals surface area contributed by atoms with Crippen LogP contribution in [-0.4, -0.2) is 45.3 Å². The van der Waals surface area contributed by atoms with Gasteiger partial charge in [0.25, 0.3) is 11.8 Å². The maximum atomic E-state index is 11.9. The van der Waals surface area contributed by atoms with Crippen LogP contribution in [0.4, 0.5) is 0 Å². The van der Waals surface area contributed by atoms with Gasteiger partial charge in [-0.15, -0.1) is 0 Å². The molecule has 0 fully saturated rings. The van der Waals surface area contributed by atoms with Gasteiger partial charge in [-0.25, -0.2) is 4.79 Å². The number of aliphatic hydroxyl groups excluding tert-OH is 2. The van der Waals surface area contributed by atoms with E-state index in [1.165, 1.54) is 24.3 Å². The van der Waals surface area contributed by atoms with E-state index in [0.29, 0.717) is 5.56 Å². The fraction of sp³-hybridized carbons (Fsp3) is 0.211. The molecule has 2 atom stereocenters. The Morgan fingerprint density at radius 2 is 1.19 bits per heavy atom. The second-order valence-corrected chi connectivity index (χ2v) is 5.81. The highest BCUT2D eigenvalue weighted by Crippen LogP contribution is 2.05. The number of benzene rings is 2. The predicted octanol–water partition coefficient (Wildman–Crippen LogP) is 0.0392. The Morgan fingerprint density at radius 1 is 0.741 bits per heavy atom. The fourth-order valence-corrected chi connectivity index (χ4v) is 2.24. The summed E-state index contributed by atoms with van der Waals surface area (Å²) in [6, 6.07) is 14.8. The van der Waals surface area contributed by atoms with Crippen molar-refractivity contribution in [3.63, 3.8) is 0 Å². The largest absolute Gasteiger partial charge is 0.478 e. The molecule has 0 aliphatic carbocycles. The molecule has 2 aromatic rings. The van der Waals surface area contributed by atoms with Gasteiger partial charge in [-0.05, 0) is 23.3 Å². The molecule has 2 amide bonds. The van der Waals surface area contributed by atoms with Crippen LogP contribution in [0.25, 0.3) is 0 Å². The number of carboxylic acid groups (broad SMARTS) is 1. The Balaban J connectivity index is 1.82. The van der Waals surface area contributed by atoms with E-state index in [1.807, 2.05) is 6.07 Å². The van der Waals surface area contributed by atoms with Gasteiger partial charge in [0.2, 0.25) is 0 Å². The number of nitrogens with one attached hydrogen (secondary N) is 2. The first-order valence-corrected chi connectivity index (χ1v) is 8.16. The van der Waals surface area contributed by atoms with Gasteiger partial charge in [0.1, 0.15) is 0 Å². The number of hydrogen-bond donors (Lipinski definition) is 5. The molecule has 0 bridgehead atoms. The van der Waals surface area contributed by atoms with Crippen molar-refractivity contribution in [3.05, 3.63) is 71.3 Å². The van der Waals surface area contributed by atoms with Crippen LogP contribution in [-0.2, 0) is 22.7 Å². The van der Waals surface area contributed by atoms with E-state index in [9.17, 15) is 24.6 Å². The third kappa shape index (κ3) is 5.91. The predicted molar refractivity (Wildman–Crippen MR) is 95.6 cm³/mol. The van der Waals surface area contributed by atoms with Gasteiger partial charge in [0, 0.05) is 13.1 Å². The average molecular weight is 372 g/mol. The van der Waals surface area contributed by atoms with E-state index in [0.717, 1.165) is 5.56 Å². The first-order valence-electron chi connectivity index (χ1n) is 8.16. The van der Waals surface area contributed by atoms with Gasteiger partial charge < -0.3 is 26.0 Å². The SMILES string of the molecule is O=C(O)c1ccc(CNC(=O)C(O)C(O)C(=O)NCc2ccccc2)cc1. The smallest absolute Gasteiger partial charge is 0.335 e. The minimum absolute atomic E-state index is 0.00808. The molecule has 0 saturated heterocycles. The number of carboxylic acids is 1. The van der Waals surface area contributed by atoms with E-state index in [1.54, 1.807) is 24.3 Å². The van der Waals surface area contributed by atoms with Gasteiger partial charge in [0.05, 0.1) is 5.56 Å². The van der Waals surface area contributed by atoms with Crippen LogP contribution < -0.4 is 10.6 Å². The third-order valence-electron chi connectivity index (χ3n) is 3.81. The summed E-state index contributed by atoms with van der Waals surface area (Å²) < 4.78 is 0. The van der Waals surface area contributed by atoms with Crippen LogP contribution in [0.5, 0.6) is 0 Å². The highest BCUT2D eigenvalue weighted by atomic mass is 16.4. The molecule has 8 heteroatoms. The van der Waals surface area contributed by atoms with Crippen LogP contribution in [0.1, 0.15) is 21.5 Å². The first-order chi connectivity index (χ1) is 12.9. The van der Waals surface area contributed by atoms with E-state index >= 15 is 0 Å². The quantitative estimate of drug-likeness (QED) is 0.444. The van der Waals surface area contributed by atoms with Crippen LogP contribution in [0.15, 0.2) is 54.6 Å². The molecule has 2 rings (SSSR count). The maximum absolute atomic E-state index is 11.9. The summed E-state index contributed by atoms with van der Waals surface area (Å²) in [4.78, 5) is 34.6. The Bertz CT molecular complexity index is 792.